The summed E-state index contributed by atoms with van der Waals surface area (Å²) in [5, 5.41) is 4.04. The summed E-state index contributed by atoms with van der Waals surface area (Å²) in [5.41, 5.74) is 8.61. The molecule has 0 atom stereocenters. The molecule has 18 heavy (non-hydrogen) atoms. The second-order valence-corrected chi connectivity index (χ2v) is 5.66. The Balaban J connectivity index is 3.02. The molecule has 7 heteroatoms. The SMILES string of the molecule is C=CCOc1c(I)cc(Br)cc1C=NNC(N)=S. The van der Waals surface area contributed by atoms with Crippen LogP contribution in [0.4, 0.5) is 0 Å². The smallest absolute Gasteiger partial charge is 0.184 e. The minimum absolute atomic E-state index is 0.115. The summed E-state index contributed by atoms with van der Waals surface area (Å²) in [6.07, 6.45) is 3.29. The van der Waals surface area contributed by atoms with E-state index in [4.69, 9.17) is 10.5 Å². The number of hydrazone groups is 1. The van der Waals surface area contributed by atoms with Crippen molar-refractivity contribution in [2.75, 3.05) is 6.61 Å². The lowest BCUT2D eigenvalue weighted by Crippen LogP contribution is -2.24. The summed E-state index contributed by atoms with van der Waals surface area (Å²) in [6, 6.07) is 3.85. The predicted molar refractivity (Wildman–Crippen MR) is 90.1 cm³/mol. The van der Waals surface area contributed by atoms with Gasteiger partial charge in [0, 0.05) is 10.0 Å². The number of nitrogens with two attached hydrogens (primary N) is 1. The highest BCUT2D eigenvalue weighted by Crippen LogP contribution is 2.28. The summed E-state index contributed by atoms with van der Waals surface area (Å²) in [5.74, 6) is 0.743. The van der Waals surface area contributed by atoms with Gasteiger partial charge in [-0.2, -0.15) is 5.10 Å². The van der Waals surface area contributed by atoms with Crippen LogP contribution in [0.25, 0.3) is 0 Å². The second-order valence-electron chi connectivity index (χ2n) is 3.14. The number of nitrogens with one attached hydrogen (secondary N) is 1. The summed E-state index contributed by atoms with van der Waals surface area (Å²) in [4.78, 5) is 0. The molecule has 0 aliphatic rings. The minimum atomic E-state index is 0.115. The van der Waals surface area contributed by atoms with Crippen LogP contribution in [0, 0.1) is 3.57 Å². The number of rotatable bonds is 5. The molecule has 0 amide bonds. The van der Waals surface area contributed by atoms with Crippen molar-refractivity contribution in [3.8, 4) is 5.75 Å². The monoisotopic (exact) mass is 439 g/mol. The van der Waals surface area contributed by atoms with Gasteiger partial charge in [0.25, 0.3) is 0 Å². The van der Waals surface area contributed by atoms with Gasteiger partial charge in [-0.05, 0) is 46.9 Å². The average molecular weight is 440 g/mol. The van der Waals surface area contributed by atoms with Crippen LogP contribution in [0.2, 0.25) is 0 Å². The Labute approximate surface area is 133 Å². The molecule has 0 aromatic heterocycles. The largest absolute Gasteiger partial charge is 0.488 e. The van der Waals surface area contributed by atoms with Crippen molar-refractivity contribution < 1.29 is 4.74 Å². The zero-order chi connectivity index (χ0) is 13.5. The van der Waals surface area contributed by atoms with E-state index in [2.05, 4.69) is 67.8 Å². The van der Waals surface area contributed by atoms with Crippen molar-refractivity contribution in [1.29, 1.82) is 0 Å². The van der Waals surface area contributed by atoms with Gasteiger partial charge < -0.3 is 10.5 Å². The Hall–Kier alpha value is -0.670. The molecule has 0 radical (unpaired) electrons. The normalized spacial score (nSPS) is 10.3. The maximum Gasteiger partial charge on any atom is 0.184 e. The Kier molecular flexibility index (Phi) is 6.58. The molecule has 0 aliphatic carbocycles. The second kappa shape index (κ2) is 7.70. The Bertz CT molecular complexity index is 493. The lowest BCUT2D eigenvalue weighted by molar-refractivity contribution is 0.360. The van der Waals surface area contributed by atoms with E-state index in [-0.39, 0.29) is 5.11 Å². The molecule has 1 aromatic carbocycles. The van der Waals surface area contributed by atoms with Gasteiger partial charge in [0.05, 0.1) is 9.78 Å². The maximum absolute atomic E-state index is 5.60. The molecular weight excluding hydrogens is 429 g/mol. The number of thiocarbonyl (C=S) groups is 1. The molecule has 0 fully saturated rings. The molecule has 96 valence electrons. The third-order valence-corrected chi connectivity index (χ3v) is 3.11. The molecular formula is C11H11BrIN3OS. The predicted octanol–water partition coefficient (Wildman–Crippen LogP) is 2.79. The van der Waals surface area contributed by atoms with E-state index >= 15 is 0 Å². The standard InChI is InChI=1S/C11H11BrIN3OS/c1-2-3-17-10-7(6-15-16-11(14)18)4-8(12)5-9(10)13/h2,4-6H,1,3H2,(H3,14,16,18). The van der Waals surface area contributed by atoms with E-state index in [0.29, 0.717) is 6.61 Å². The zero-order valence-corrected chi connectivity index (χ0v) is 13.9. The molecule has 0 saturated heterocycles. The third-order valence-electron chi connectivity index (χ3n) is 1.76. The molecule has 3 N–H and O–H groups in total. The van der Waals surface area contributed by atoms with Gasteiger partial charge in [0.15, 0.2) is 5.11 Å². The van der Waals surface area contributed by atoms with Crippen molar-refractivity contribution in [2.45, 2.75) is 0 Å². The zero-order valence-electron chi connectivity index (χ0n) is 9.32. The van der Waals surface area contributed by atoms with Crippen LogP contribution < -0.4 is 15.9 Å². The molecule has 0 aliphatic heterocycles. The van der Waals surface area contributed by atoms with E-state index in [1.807, 2.05) is 12.1 Å². The van der Waals surface area contributed by atoms with Crippen LogP contribution in [0.5, 0.6) is 5.75 Å². The highest BCUT2D eigenvalue weighted by atomic mass is 127. The van der Waals surface area contributed by atoms with Gasteiger partial charge >= 0.3 is 0 Å². The molecule has 0 heterocycles. The molecule has 1 rings (SSSR count). The van der Waals surface area contributed by atoms with Gasteiger partial charge in [-0.15, -0.1) is 0 Å². The van der Waals surface area contributed by atoms with Crippen molar-refractivity contribution in [1.82, 2.24) is 5.43 Å². The first-order valence-electron chi connectivity index (χ1n) is 4.86. The molecule has 0 saturated carbocycles. The van der Waals surface area contributed by atoms with E-state index < -0.39 is 0 Å². The van der Waals surface area contributed by atoms with Gasteiger partial charge in [-0.1, -0.05) is 28.6 Å². The number of hydrogen-bond acceptors (Lipinski definition) is 3. The summed E-state index contributed by atoms with van der Waals surface area (Å²) in [6.45, 7) is 4.05. The lowest BCUT2D eigenvalue weighted by Gasteiger charge is -2.10. The molecule has 0 spiro atoms. The van der Waals surface area contributed by atoms with Crippen molar-refractivity contribution in [3.05, 3.63) is 38.4 Å². The minimum Gasteiger partial charge on any atom is -0.488 e. The third kappa shape index (κ3) is 4.91. The summed E-state index contributed by atoms with van der Waals surface area (Å²) < 4.78 is 7.51. The van der Waals surface area contributed by atoms with Crippen LogP contribution in [-0.2, 0) is 0 Å². The number of halogens is 2. The van der Waals surface area contributed by atoms with Crippen molar-refractivity contribution in [2.24, 2.45) is 10.8 Å². The maximum atomic E-state index is 5.60. The molecule has 0 unspecified atom stereocenters. The van der Waals surface area contributed by atoms with Gasteiger partial charge in [0.1, 0.15) is 12.4 Å². The fraction of sp³-hybridized carbons (Fsp3) is 0.0909. The fourth-order valence-corrected chi connectivity index (χ4v) is 2.89. The number of hydrogen-bond donors (Lipinski definition) is 2. The highest BCUT2D eigenvalue weighted by molar-refractivity contribution is 14.1. The quantitative estimate of drug-likeness (QED) is 0.243. The summed E-state index contributed by atoms with van der Waals surface area (Å²) >= 11 is 10.3. The molecule has 0 bridgehead atoms. The molecule has 1 aromatic rings. The Morgan fingerprint density at radius 2 is 2.39 bits per heavy atom. The topological polar surface area (TPSA) is 59.6 Å². The van der Waals surface area contributed by atoms with Crippen molar-refractivity contribution in [3.63, 3.8) is 0 Å². The van der Waals surface area contributed by atoms with E-state index in [9.17, 15) is 0 Å². The first kappa shape index (κ1) is 15.4. The average Bonchev–Trinajstić information content (AvgIpc) is 2.27. The summed E-state index contributed by atoms with van der Waals surface area (Å²) in [7, 11) is 0. The first-order valence-corrected chi connectivity index (χ1v) is 7.14. The fourth-order valence-electron chi connectivity index (χ4n) is 1.14. The van der Waals surface area contributed by atoms with Gasteiger partial charge in [-0.25, -0.2) is 0 Å². The van der Waals surface area contributed by atoms with E-state index in [1.165, 1.54) is 0 Å². The van der Waals surface area contributed by atoms with Crippen LogP contribution >= 0.6 is 50.7 Å². The van der Waals surface area contributed by atoms with Crippen LogP contribution in [0.15, 0.2) is 34.4 Å². The van der Waals surface area contributed by atoms with E-state index in [0.717, 1.165) is 19.4 Å². The Morgan fingerprint density at radius 3 is 3.00 bits per heavy atom. The first-order chi connectivity index (χ1) is 8.54. The number of benzene rings is 1. The lowest BCUT2D eigenvalue weighted by atomic mass is 10.2. The van der Waals surface area contributed by atoms with E-state index in [1.54, 1.807) is 12.3 Å². The number of ether oxygens (including phenoxy) is 1. The highest BCUT2D eigenvalue weighted by Gasteiger charge is 2.08. The van der Waals surface area contributed by atoms with Gasteiger partial charge in [-0.3, -0.25) is 5.43 Å². The van der Waals surface area contributed by atoms with Crippen LogP contribution in [0.3, 0.4) is 0 Å². The number of nitrogens with zero attached hydrogens (tertiary/aromatic N) is 1. The van der Waals surface area contributed by atoms with Crippen LogP contribution in [-0.4, -0.2) is 17.9 Å². The van der Waals surface area contributed by atoms with Crippen LogP contribution in [0.1, 0.15) is 5.56 Å². The van der Waals surface area contributed by atoms with Gasteiger partial charge in [0.2, 0.25) is 0 Å². The van der Waals surface area contributed by atoms with Crippen molar-refractivity contribution >= 4 is 62.1 Å². The Morgan fingerprint density at radius 1 is 1.67 bits per heavy atom. The molecule has 4 nitrogen and oxygen atoms in total.